The number of hydrogen-bond acceptors (Lipinski definition) is 4. The summed E-state index contributed by atoms with van der Waals surface area (Å²) in [5.74, 6) is -0.505. The van der Waals surface area contributed by atoms with E-state index in [0.717, 1.165) is 11.3 Å². The Morgan fingerprint density at radius 1 is 1.24 bits per heavy atom. The van der Waals surface area contributed by atoms with Crippen molar-refractivity contribution in [1.82, 2.24) is 0 Å². The number of hydrogen-bond donors (Lipinski definition) is 1. The van der Waals surface area contributed by atoms with Crippen molar-refractivity contribution in [3.8, 4) is 0 Å². The fraction of sp³-hybridized carbons (Fsp3) is 0.389. The average Bonchev–Trinajstić information content (AvgIpc) is 2.97. The number of thiophene rings is 1. The highest BCUT2D eigenvalue weighted by Gasteiger charge is 2.19. The topological polar surface area (TPSA) is 59.3 Å². The summed E-state index contributed by atoms with van der Waals surface area (Å²) in [6, 6.07) is 5.81. The fourth-order valence-electron chi connectivity index (χ4n) is 2.17. The lowest BCUT2D eigenvalue weighted by Crippen LogP contribution is -3.00. The van der Waals surface area contributed by atoms with Crippen LogP contribution in [0.4, 0.5) is 5.00 Å². The number of carbonyl (C=O) groups excluding carboxylic acids is 2. The molecule has 0 aliphatic carbocycles. The van der Waals surface area contributed by atoms with Gasteiger partial charge in [0.05, 0.1) is 18.6 Å². The van der Waals surface area contributed by atoms with Crippen molar-refractivity contribution in [2.24, 2.45) is 0 Å². The summed E-state index contributed by atoms with van der Waals surface area (Å²) in [4.78, 5) is 25.3. The van der Waals surface area contributed by atoms with E-state index < -0.39 is 5.97 Å². The van der Waals surface area contributed by atoms with Gasteiger partial charge in [0.25, 0.3) is 0 Å². The van der Waals surface area contributed by atoms with Gasteiger partial charge in [-0.25, -0.2) is 9.36 Å². The molecule has 0 aliphatic heterocycles. The van der Waals surface area contributed by atoms with E-state index in [9.17, 15) is 9.59 Å². The number of esters is 1. The van der Waals surface area contributed by atoms with Crippen molar-refractivity contribution in [2.45, 2.75) is 40.2 Å². The summed E-state index contributed by atoms with van der Waals surface area (Å²) in [6.07, 6.45) is 5.06. The number of nitrogens with one attached hydrogen (secondary N) is 1. The predicted octanol–water partition coefficient (Wildman–Crippen LogP) is 0.116. The molecule has 0 unspecified atom stereocenters. The van der Waals surface area contributed by atoms with Crippen LogP contribution in [0.3, 0.4) is 0 Å². The van der Waals surface area contributed by atoms with Crippen molar-refractivity contribution in [3.63, 3.8) is 0 Å². The molecule has 0 spiro atoms. The molecule has 2 aromatic heterocycles. The van der Waals surface area contributed by atoms with E-state index >= 15 is 0 Å². The van der Waals surface area contributed by atoms with Gasteiger partial charge in [0.1, 0.15) is 5.00 Å². The van der Waals surface area contributed by atoms with Gasteiger partial charge in [-0.3, -0.25) is 4.79 Å². The number of amides is 1. The predicted molar refractivity (Wildman–Crippen MR) is 94.3 cm³/mol. The molecule has 1 N–H and O–H groups in total. The summed E-state index contributed by atoms with van der Waals surface area (Å²) >= 11 is 1.43. The zero-order valence-electron chi connectivity index (χ0n) is 14.7. The maximum absolute atomic E-state index is 12.2. The summed E-state index contributed by atoms with van der Waals surface area (Å²) in [5, 5.41) is 3.42. The third-order valence-corrected chi connectivity index (χ3v) is 4.73. The van der Waals surface area contributed by atoms with Crippen LogP contribution < -0.4 is 26.9 Å². The summed E-state index contributed by atoms with van der Waals surface area (Å²) < 4.78 is 7.02. The Bertz CT molecular complexity index is 714. The largest absolute Gasteiger partial charge is 1.00 e. The van der Waals surface area contributed by atoms with Crippen LogP contribution in [0.15, 0.2) is 30.6 Å². The first kappa shape index (κ1) is 21.3. The lowest BCUT2D eigenvalue weighted by molar-refractivity contribution is -0.695. The Morgan fingerprint density at radius 3 is 2.52 bits per heavy atom. The molecule has 0 fully saturated rings. The van der Waals surface area contributed by atoms with E-state index in [4.69, 9.17) is 4.74 Å². The number of aromatic nitrogens is 1. The molecule has 25 heavy (non-hydrogen) atoms. The maximum Gasteiger partial charge on any atom is 0.341 e. The number of rotatable bonds is 7. The average molecular weight is 427 g/mol. The molecular weight excluding hydrogens is 404 g/mol. The molecule has 0 aromatic carbocycles. The smallest absolute Gasteiger partial charge is 0.341 e. The highest BCUT2D eigenvalue weighted by Crippen LogP contribution is 2.29. The summed E-state index contributed by atoms with van der Waals surface area (Å²) in [7, 11) is 0. The molecule has 2 heterocycles. The maximum atomic E-state index is 12.2. The minimum atomic E-state index is -0.392. The van der Waals surface area contributed by atoms with Gasteiger partial charge < -0.3 is 27.0 Å². The molecule has 0 aliphatic rings. The minimum Gasteiger partial charge on any atom is -1.00 e. The van der Waals surface area contributed by atoms with Crippen molar-refractivity contribution >= 4 is 28.2 Å². The second-order valence-corrected chi connectivity index (χ2v) is 6.58. The molecule has 5 nitrogen and oxygen atoms in total. The molecule has 0 atom stereocenters. The van der Waals surface area contributed by atoms with Gasteiger partial charge in [-0.2, -0.15) is 0 Å². The standard InChI is InChI=1S/C18H22N2O3S.BrH/c1-4-14-12-15(18(22)23-5-2)17(24-14)19-16(21)8-11-20-9-6-13(3)7-10-20;/h6-7,9-10,12H,4-5,8,11H2,1-3H3;1H. The van der Waals surface area contributed by atoms with E-state index in [2.05, 4.69) is 5.32 Å². The summed E-state index contributed by atoms with van der Waals surface area (Å²) in [6.45, 7) is 6.71. The zero-order valence-corrected chi connectivity index (χ0v) is 17.1. The second-order valence-electron chi connectivity index (χ2n) is 5.44. The van der Waals surface area contributed by atoms with Gasteiger partial charge in [0, 0.05) is 17.0 Å². The zero-order chi connectivity index (χ0) is 17.5. The first-order chi connectivity index (χ1) is 11.5. The first-order valence-electron chi connectivity index (χ1n) is 8.08. The third-order valence-electron chi connectivity index (χ3n) is 3.53. The Hall–Kier alpha value is -1.73. The van der Waals surface area contributed by atoms with Crippen LogP contribution >= 0.6 is 11.3 Å². The van der Waals surface area contributed by atoms with Gasteiger partial charge in [-0.15, -0.1) is 11.3 Å². The van der Waals surface area contributed by atoms with E-state index in [1.807, 2.05) is 42.9 Å². The van der Waals surface area contributed by atoms with E-state index in [-0.39, 0.29) is 22.9 Å². The minimum absolute atomic E-state index is 0. The van der Waals surface area contributed by atoms with Crippen molar-refractivity contribution < 1.29 is 35.9 Å². The number of anilines is 1. The molecule has 2 rings (SSSR count). The van der Waals surface area contributed by atoms with Crippen LogP contribution in [0, 0.1) is 6.92 Å². The summed E-state index contributed by atoms with van der Waals surface area (Å²) in [5.41, 5.74) is 1.62. The molecule has 0 saturated carbocycles. The second kappa shape index (κ2) is 10.3. The van der Waals surface area contributed by atoms with Gasteiger partial charge >= 0.3 is 5.97 Å². The molecule has 0 bridgehead atoms. The van der Waals surface area contributed by atoms with Gasteiger partial charge in [-0.05, 0) is 31.9 Å². The van der Waals surface area contributed by atoms with E-state index in [1.54, 1.807) is 13.0 Å². The number of aryl methyl sites for hydroxylation is 3. The SMILES string of the molecule is CCOC(=O)c1cc(CC)sc1NC(=O)CC[n+]1ccc(C)cc1.[Br-]. The monoisotopic (exact) mass is 426 g/mol. The Kier molecular flexibility index (Phi) is 8.78. The molecule has 0 radical (unpaired) electrons. The van der Waals surface area contributed by atoms with Crippen LogP contribution in [-0.2, 0) is 22.5 Å². The van der Waals surface area contributed by atoms with Crippen LogP contribution in [0.2, 0.25) is 0 Å². The molecule has 2 aromatic rings. The van der Waals surface area contributed by atoms with Crippen LogP contribution in [0.25, 0.3) is 0 Å². The van der Waals surface area contributed by atoms with Crippen molar-refractivity contribution in [2.75, 3.05) is 11.9 Å². The van der Waals surface area contributed by atoms with E-state index in [0.29, 0.717) is 30.1 Å². The highest BCUT2D eigenvalue weighted by atomic mass is 79.9. The van der Waals surface area contributed by atoms with Crippen molar-refractivity contribution in [3.05, 3.63) is 46.6 Å². The highest BCUT2D eigenvalue weighted by molar-refractivity contribution is 7.16. The third kappa shape index (κ3) is 6.25. The fourth-order valence-corrected chi connectivity index (χ4v) is 3.17. The molecular formula is C18H23BrN2O3S. The lowest BCUT2D eigenvalue weighted by Gasteiger charge is -2.05. The molecule has 136 valence electrons. The molecule has 0 saturated heterocycles. The number of carbonyl (C=O) groups is 2. The van der Waals surface area contributed by atoms with Gasteiger partial charge in [-0.1, -0.05) is 6.92 Å². The van der Waals surface area contributed by atoms with Crippen LogP contribution in [0.1, 0.15) is 41.1 Å². The first-order valence-corrected chi connectivity index (χ1v) is 8.90. The number of halogens is 1. The van der Waals surface area contributed by atoms with Crippen LogP contribution in [-0.4, -0.2) is 18.5 Å². The Morgan fingerprint density at radius 2 is 1.92 bits per heavy atom. The Balaban J connectivity index is 0.00000312. The molecule has 7 heteroatoms. The van der Waals surface area contributed by atoms with Gasteiger partial charge in [0.2, 0.25) is 5.91 Å². The number of ether oxygens (including phenoxy) is 1. The lowest BCUT2D eigenvalue weighted by atomic mass is 10.2. The molecule has 1 amide bonds. The van der Waals surface area contributed by atoms with Crippen LogP contribution in [0.5, 0.6) is 0 Å². The quantitative estimate of drug-likeness (QED) is 0.505. The van der Waals surface area contributed by atoms with Gasteiger partial charge in [0.15, 0.2) is 18.9 Å². The number of pyridine rings is 1. The Labute approximate surface area is 162 Å². The van der Waals surface area contributed by atoms with E-state index in [1.165, 1.54) is 16.9 Å². The number of nitrogens with zero attached hydrogens (tertiary/aromatic N) is 1. The van der Waals surface area contributed by atoms with Crippen molar-refractivity contribution in [1.29, 1.82) is 0 Å². The normalized spacial score (nSPS) is 10.0.